The van der Waals surface area contributed by atoms with Crippen molar-refractivity contribution in [3.05, 3.63) is 64.0 Å². The van der Waals surface area contributed by atoms with Gasteiger partial charge in [0.15, 0.2) is 0 Å². The Labute approximate surface area is 110 Å². The Morgan fingerprint density at radius 2 is 1.89 bits per heavy atom. The van der Waals surface area contributed by atoms with Crippen molar-refractivity contribution < 1.29 is 4.92 Å². The summed E-state index contributed by atoms with van der Waals surface area (Å²) in [5, 5.41) is 14.2. The van der Waals surface area contributed by atoms with E-state index in [1.165, 1.54) is 17.3 Å². The molecule has 3 rings (SSSR count). The Morgan fingerprint density at radius 3 is 2.53 bits per heavy atom. The summed E-state index contributed by atoms with van der Waals surface area (Å²) in [6.45, 7) is 0. The standard InChI is InChI=1S/C14H13N3O2/c18-17(19)14-9-15-6-5-13(14)16-12-7-10-3-1-2-4-11(10)8-12/h1-6,9,12H,7-8H2,(H,15,16). The van der Waals surface area contributed by atoms with Crippen LogP contribution in [0.1, 0.15) is 11.1 Å². The molecule has 19 heavy (non-hydrogen) atoms. The van der Waals surface area contributed by atoms with Gasteiger partial charge >= 0.3 is 5.69 Å². The van der Waals surface area contributed by atoms with E-state index in [0.717, 1.165) is 12.8 Å². The van der Waals surface area contributed by atoms with Crippen molar-refractivity contribution in [2.24, 2.45) is 0 Å². The van der Waals surface area contributed by atoms with Crippen molar-refractivity contribution in [2.75, 3.05) is 5.32 Å². The summed E-state index contributed by atoms with van der Waals surface area (Å²) in [5.41, 5.74) is 3.20. The van der Waals surface area contributed by atoms with Crippen molar-refractivity contribution in [1.82, 2.24) is 4.98 Å². The fourth-order valence-corrected chi connectivity index (χ4v) is 2.53. The summed E-state index contributed by atoms with van der Waals surface area (Å²) in [5.74, 6) is 0. The summed E-state index contributed by atoms with van der Waals surface area (Å²) in [6.07, 6.45) is 4.65. The number of aromatic nitrogens is 1. The van der Waals surface area contributed by atoms with Gasteiger partial charge in [0.2, 0.25) is 0 Å². The molecule has 2 aromatic rings. The van der Waals surface area contributed by atoms with Crippen molar-refractivity contribution in [2.45, 2.75) is 18.9 Å². The molecule has 1 aliphatic rings. The minimum atomic E-state index is -0.405. The number of benzene rings is 1. The summed E-state index contributed by atoms with van der Waals surface area (Å²) in [6, 6.07) is 10.1. The third kappa shape index (κ3) is 2.27. The third-order valence-corrected chi connectivity index (χ3v) is 3.41. The zero-order chi connectivity index (χ0) is 13.2. The quantitative estimate of drug-likeness (QED) is 0.676. The number of nitrogens with one attached hydrogen (secondary N) is 1. The van der Waals surface area contributed by atoms with Crippen LogP contribution in [-0.2, 0) is 12.8 Å². The van der Waals surface area contributed by atoms with Crippen LogP contribution in [0, 0.1) is 10.1 Å². The fraction of sp³-hybridized carbons (Fsp3) is 0.214. The maximum absolute atomic E-state index is 10.9. The van der Waals surface area contributed by atoms with Crippen LogP contribution in [0.25, 0.3) is 0 Å². The van der Waals surface area contributed by atoms with Gasteiger partial charge in [0.25, 0.3) is 0 Å². The second-order valence-electron chi connectivity index (χ2n) is 4.67. The molecule has 1 aromatic heterocycles. The molecule has 96 valence electrons. The Morgan fingerprint density at radius 1 is 1.21 bits per heavy atom. The van der Waals surface area contributed by atoms with E-state index in [0.29, 0.717) is 5.69 Å². The van der Waals surface area contributed by atoms with Crippen LogP contribution in [0.5, 0.6) is 0 Å². The van der Waals surface area contributed by atoms with E-state index >= 15 is 0 Å². The highest BCUT2D eigenvalue weighted by molar-refractivity contribution is 5.60. The Hall–Kier alpha value is -2.43. The van der Waals surface area contributed by atoms with Crippen molar-refractivity contribution >= 4 is 11.4 Å². The molecule has 0 saturated heterocycles. The van der Waals surface area contributed by atoms with Gasteiger partial charge in [-0.25, -0.2) is 0 Å². The van der Waals surface area contributed by atoms with E-state index in [1.54, 1.807) is 12.3 Å². The zero-order valence-corrected chi connectivity index (χ0v) is 10.2. The highest BCUT2D eigenvalue weighted by atomic mass is 16.6. The van der Waals surface area contributed by atoms with Gasteiger partial charge in [-0.1, -0.05) is 24.3 Å². The lowest BCUT2D eigenvalue weighted by molar-refractivity contribution is -0.384. The largest absolute Gasteiger partial charge is 0.376 e. The van der Waals surface area contributed by atoms with E-state index in [-0.39, 0.29) is 11.7 Å². The molecular weight excluding hydrogens is 242 g/mol. The van der Waals surface area contributed by atoms with Crippen LogP contribution in [0.4, 0.5) is 11.4 Å². The summed E-state index contributed by atoms with van der Waals surface area (Å²) >= 11 is 0. The first kappa shape index (κ1) is 11.6. The number of fused-ring (bicyclic) bond motifs is 1. The highest BCUT2D eigenvalue weighted by Crippen LogP contribution is 2.28. The van der Waals surface area contributed by atoms with E-state index in [1.807, 2.05) is 12.1 Å². The minimum Gasteiger partial charge on any atom is -0.376 e. The molecule has 0 atom stereocenters. The van der Waals surface area contributed by atoms with Gasteiger partial charge in [-0.3, -0.25) is 15.1 Å². The van der Waals surface area contributed by atoms with Crippen LogP contribution in [0.15, 0.2) is 42.7 Å². The Kier molecular flexibility index (Phi) is 2.87. The number of pyridine rings is 1. The fourth-order valence-electron chi connectivity index (χ4n) is 2.53. The zero-order valence-electron chi connectivity index (χ0n) is 10.2. The lowest BCUT2D eigenvalue weighted by atomic mass is 10.1. The molecule has 0 unspecified atom stereocenters. The van der Waals surface area contributed by atoms with Crippen LogP contribution in [-0.4, -0.2) is 15.9 Å². The molecule has 5 nitrogen and oxygen atoms in total. The monoisotopic (exact) mass is 255 g/mol. The molecule has 1 aliphatic carbocycles. The third-order valence-electron chi connectivity index (χ3n) is 3.41. The second-order valence-corrected chi connectivity index (χ2v) is 4.67. The highest BCUT2D eigenvalue weighted by Gasteiger charge is 2.23. The van der Waals surface area contributed by atoms with Crippen LogP contribution >= 0.6 is 0 Å². The molecule has 1 aromatic carbocycles. The number of rotatable bonds is 3. The van der Waals surface area contributed by atoms with Crippen LogP contribution in [0.2, 0.25) is 0 Å². The molecule has 0 spiro atoms. The number of anilines is 1. The number of hydrogen-bond acceptors (Lipinski definition) is 4. The average Bonchev–Trinajstić information content (AvgIpc) is 2.81. The first-order valence-electron chi connectivity index (χ1n) is 6.16. The van der Waals surface area contributed by atoms with Gasteiger partial charge in [0.1, 0.15) is 11.9 Å². The van der Waals surface area contributed by atoms with Gasteiger partial charge < -0.3 is 5.32 Å². The molecular formula is C14H13N3O2. The van der Waals surface area contributed by atoms with Crippen molar-refractivity contribution in [1.29, 1.82) is 0 Å². The molecule has 0 saturated carbocycles. The van der Waals surface area contributed by atoms with Gasteiger partial charge in [-0.05, 0) is 30.0 Å². The topological polar surface area (TPSA) is 68.1 Å². The number of nitrogens with zero attached hydrogens (tertiary/aromatic N) is 2. The molecule has 1 heterocycles. The van der Waals surface area contributed by atoms with E-state index in [2.05, 4.69) is 22.4 Å². The van der Waals surface area contributed by atoms with Gasteiger partial charge in [-0.2, -0.15) is 0 Å². The molecule has 0 radical (unpaired) electrons. The minimum absolute atomic E-state index is 0.0263. The van der Waals surface area contributed by atoms with Gasteiger partial charge in [0, 0.05) is 12.2 Å². The average molecular weight is 255 g/mol. The predicted octanol–water partition coefficient (Wildman–Crippen LogP) is 2.57. The molecule has 0 aliphatic heterocycles. The first-order chi connectivity index (χ1) is 9.24. The molecule has 5 heteroatoms. The predicted molar refractivity (Wildman–Crippen MR) is 72.2 cm³/mol. The Balaban J connectivity index is 1.80. The number of nitro groups is 1. The Bertz CT molecular complexity index is 603. The van der Waals surface area contributed by atoms with E-state index in [9.17, 15) is 10.1 Å². The summed E-state index contributed by atoms with van der Waals surface area (Å²) in [4.78, 5) is 14.3. The summed E-state index contributed by atoms with van der Waals surface area (Å²) < 4.78 is 0. The second kappa shape index (κ2) is 4.68. The van der Waals surface area contributed by atoms with Crippen LogP contribution < -0.4 is 5.32 Å². The van der Waals surface area contributed by atoms with Crippen molar-refractivity contribution in [3.63, 3.8) is 0 Å². The molecule has 1 N–H and O–H groups in total. The summed E-state index contributed by atoms with van der Waals surface area (Å²) in [7, 11) is 0. The van der Waals surface area contributed by atoms with Gasteiger partial charge in [-0.15, -0.1) is 0 Å². The lowest BCUT2D eigenvalue weighted by Gasteiger charge is -2.13. The first-order valence-corrected chi connectivity index (χ1v) is 6.16. The SMILES string of the molecule is O=[N+]([O-])c1cnccc1NC1Cc2ccccc2C1. The van der Waals surface area contributed by atoms with Crippen LogP contribution in [0.3, 0.4) is 0 Å². The number of hydrogen-bond donors (Lipinski definition) is 1. The maximum atomic E-state index is 10.9. The molecule has 0 fully saturated rings. The smallest absolute Gasteiger partial charge is 0.310 e. The van der Waals surface area contributed by atoms with Crippen molar-refractivity contribution in [3.8, 4) is 0 Å². The van der Waals surface area contributed by atoms with Gasteiger partial charge in [0.05, 0.1) is 4.92 Å². The lowest BCUT2D eigenvalue weighted by Crippen LogP contribution is -2.20. The molecule has 0 bridgehead atoms. The van der Waals surface area contributed by atoms with E-state index in [4.69, 9.17) is 0 Å². The maximum Gasteiger partial charge on any atom is 0.310 e. The van der Waals surface area contributed by atoms with E-state index < -0.39 is 4.92 Å². The molecule has 0 amide bonds. The normalized spacial score (nSPS) is 14.1.